The molecule has 1 saturated heterocycles. The largest absolute Gasteiger partial charge is 0.550 e. The number of hydrogen-bond acceptors (Lipinski definition) is 4. The van der Waals surface area contributed by atoms with Crippen LogP contribution in [0, 0.1) is 11.8 Å². The van der Waals surface area contributed by atoms with Gasteiger partial charge in [0.15, 0.2) is 0 Å². The molecule has 0 bridgehead atoms. The number of carboxylic acid groups (broad SMARTS) is 1. The fraction of sp³-hybridized carbons (Fsp3) is 0.467. The second-order valence-corrected chi connectivity index (χ2v) is 6.49. The molecule has 3 rings (SSSR count). The molecule has 2 aliphatic rings. The Morgan fingerprint density at radius 2 is 1.73 bits per heavy atom. The van der Waals surface area contributed by atoms with Gasteiger partial charge in [-0.05, 0) is 24.6 Å². The van der Waals surface area contributed by atoms with E-state index >= 15 is 0 Å². The molecule has 0 spiro atoms. The van der Waals surface area contributed by atoms with E-state index in [2.05, 4.69) is 4.90 Å². The number of carbonyl (C=O) groups excluding carboxylic acids is 2. The van der Waals surface area contributed by atoms with E-state index in [0.29, 0.717) is 42.6 Å². The third-order valence-electron chi connectivity index (χ3n) is 4.27. The van der Waals surface area contributed by atoms with Gasteiger partial charge < -0.3 is 19.7 Å². The van der Waals surface area contributed by atoms with Crippen molar-refractivity contribution in [2.75, 3.05) is 31.1 Å². The zero-order valence-corrected chi connectivity index (χ0v) is 13.3. The van der Waals surface area contributed by atoms with E-state index < -0.39 is 11.9 Å². The first-order valence-electron chi connectivity index (χ1n) is 7.17. The van der Waals surface area contributed by atoms with E-state index in [1.807, 2.05) is 12.1 Å². The number of amides is 1. The Morgan fingerprint density at radius 3 is 2.27 bits per heavy atom. The lowest BCUT2D eigenvalue weighted by atomic mass is 10.2. The Bertz CT molecular complexity index is 615. The van der Waals surface area contributed by atoms with Gasteiger partial charge in [0.1, 0.15) is 0 Å². The van der Waals surface area contributed by atoms with Crippen LogP contribution in [0.5, 0.6) is 0 Å². The summed E-state index contributed by atoms with van der Waals surface area (Å²) >= 11 is 11.9. The minimum absolute atomic E-state index is 0.0667. The average Bonchev–Trinajstić information content (AvgIpc) is 3.30. The SMILES string of the molecule is O=C([O-])[C@@H]1C[C@H]1C(=O)N1CCN(c2ccc(Cl)c(Cl)c2)CC1. The second-order valence-electron chi connectivity index (χ2n) is 5.68. The number of hydrogen-bond donors (Lipinski definition) is 0. The van der Waals surface area contributed by atoms with Gasteiger partial charge in [-0.25, -0.2) is 0 Å². The highest BCUT2D eigenvalue weighted by Crippen LogP contribution is 2.39. The summed E-state index contributed by atoms with van der Waals surface area (Å²) in [7, 11) is 0. The van der Waals surface area contributed by atoms with Gasteiger partial charge in [0.05, 0.1) is 10.0 Å². The molecular formula is C15H15Cl2N2O3-. The Labute approximate surface area is 138 Å². The number of piperazine rings is 1. The lowest BCUT2D eigenvalue weighted by Gasteiger charge is -2.36. The summed E-state index contributed by atoms with van der Waals surface area (Å²) in [5.74, 6) is -2.17. The van der Waals surface area contributed by atoms with Crippen LogP contribution in [0.1, 0.15) is 6.42 Å². The smallest absolute Gasteiger partial charge is 0.226 e. The number of nitrogens with zero attached hydrogens (tertiary/aromatic N) is 2. The quantitative estimate of drug-likeness (QED) is 0.823. The van der Waals surface area contributed by atoms with Gasteiger partial charge >= 0.3 is 0 Å². The summed E-state index contributed by atoms with van der Waals surface area (Å²) in [6, 6.07) is 5.47. The molecule has 118 valence electrons. The van der Waals surface area contributed by atoms with Gasteiger partial charge in [-0.15, -0.1) is 0 Å². The fourth-order valence-electron chi connectivity index (χ4n) is 2.83. The van der Waals surface area contributed by atoms with E-state index in [1.54, 1.807) is 11.0 Å². The summed E-state index contributed by atoms with van der Waals surface area (Å²) in [5.41, 5.74) is 0.973. The highest BCUT2D eigenvalue weighted by Gasteiger charge is 2.46. The fourth-order valence-corrected chi connectivity index (χ4v) is 3.12. The normalized spacial score (nSPS) is 24.3. The third-order valence-corrected chi connectivity index (χ3v) is 5.01. The van der Waals surface area contributed by atoms with Crippen LogP contribution in [0.15, 0.2) is 18.2 Å². The van der Waals surface area contributed by atoms with Gasteiger partial charge in [-0.2, -0.15) is 0 Å². The number of carbonyl (C=O) groups is 2. The van der Waals surface area contributed by atoms with Crippen LogP contribution in [-0.4, -0.2) is 43.0 Å². The Morgan fingerprint density at radius 1 is 1.05 bits per heavy atom. The van der Waals surface area contributed by atoms with E-state index in [1.165, 1.54) is 0 Å². The molecule has 0 aromatic heterocycles. The van der Waals surface area contributed by atoms with E-state index in [4.69, 9.17) is 23.2 Å². The number of carboxylic acids is 1. The zero-order valence-electron chi connectivity index (χ0n) is 11.8. The molecular weight excluding hydrogens is 327 g/mol. The summed E-state index contributed by atoms with van der Waals surface area (Å²) in [5, 5.41) is 11.8. The molecule has 5 nitrogen and oxygen atoms in total. The number of anilines is 1. The van der Waals surface area contributed by atoms with Crippen LogP contribution in [0.3, 0.4) is 0 Å². The zero-order chi connectivity index (χ0) is 15.9. The number of aliphatic carboxylic acids is 1. The Balaban J connectivity index is 1.57. The molecule has 22 heavy (non-hydrogen) atoms. The molecule has 0 unspecified atom stereocenters. The second kappa shape index (κ2) is 5.97. The number of halogens is 2. The predicted molar refractivity (Wildman–Crippen MR) is 81.9 cm³/mol. The lowest BCUT2D eigenvalue weighted by Crippen LogP contribution is -2.49. The van der Waals surface area contributed by atoms with Gasteiger partial charge in [0.25, 0.3) is 0 Å². The van der Waals surface area contributed by atoms with Crippen LogP contribution in [0.25, 0.3) is 0 Å². The summed E-state index contributed by atoms with van der Waals surface area (Å²) in [6.45, 7) is 2.53. The maximum absolute atomic E-state index is 12.2. The lowest BCUT2D eigenvalue weighted by molar-refractivity contribution is -0.308. The van der Waals surface area contributed by atoms with E-state index in [-0.39, 0.29) is 11.8 Å². The average molecular weight is 342 g/mol. The van der Waals surface area contributed by atoms with E-state index in [0.717, 1.165) is 5.69 Å². The van der Waals surface area contributed by atoms with Crippen molar-refractivity contribution in [1.82, 2.24) is 4.90 Å². The minimum atomic E-state index is -1.12. The topological polar surface area (TPSA) is 63.7 Å². The molecule has 1 amide bonds. The Hall–Kier alpha value is -1.46. The molecule has 1 heterocycles. The summed E-state index contributed by atoms with van der Waals surface area (Å²) in [4.78, 5) is 26.8. The van der Waals surface area contributed by atoms with Crippen molar-refractivity contribution in [3.8, 4) is 0 Å². The first kappa shape index (κ1) is 15.4. The van der Waals surface area contributed by atoms with Crippen LogP contribution in [0.2, 0.25) is 10.0 Å². The molecule has 1 aromatic rings. The molecule has 1 aliphatic carbocycles. The summed E-state index contributed by atoms with van der Waals surface area (Å²) in [6.07, 6.45) is 0.411. The van der Waals surface area contributed by atoms with Crippen LogP contribution in [-0.2, 0) is 9.59 Å². The molecule has 0 N–H and O–H groups in total. The van der Waals surface area contributed by atoms with E-state index in [9.17, 15) is 14.7 Å². The van der Waals surface area contributed by atoms with Crippen LogP contribution in [0.4, 0.5) is 5.69 Å². The number of rotatable bonds is 3. The molecule has 1 aliphatic heterocycles. The van der Waals surface area contributed by atoms with Crippen molar-refractivity contribution in [3.63, 3.8) is 0 Å². The first-order chi connectivity index (χ1) is 10.5. The van der Waals surface area contributed by atoms with Gasteiger partial charge in [0, 0.05) is 49.7 Å². The maximum atomic E-state index is 12.2. The van der Waals surface area contributed by atoms with Crippen molar-refractivity contribution in [1.29, 1.82) is 0 Å². The monoisotopic (exact) mass is 341 g/mol. The molecule has 2 atom stereocenters. The highest BCUT2D eigenvalue weighted by atomic mass is 35.5. The van der Waals surface area contributed by atoms with Crippen molar-refractivity contribution in [2.24, 2.45) is 11.8 Å². The first-order valence-corrected chi connectivity index (χ1v) is 7.92. The van der Waals surface area contributed by atoms with Crippen LogP contribution < -0.4 is 10.0 Å². The van der Waals surface area contributed by atoms with Gasteiger partial charge in [-0.1, -0.05) is 23.2 Å². The van der Waals surface area contributed by atoms with Gasteiger partial charge in [0.2, 0.25) is 5.91 Å². The molecule has 2 fully saturated rings. The Kier molecular flexibility index (Phi) is 4.19. The predicted octanol–water partition coefficient (Wildman–Crippen LogP) is 1.03. The third kappa shape index (κ3) is 3.01. The van der Waals surface area contributed by atoms with Crippen molar-refractivity contribution >= 4 is 40.8 Å². The molecule has 1 saturated carbocycles. The van der Waals surface area contributed by atoms with Crippen molar-refractivity contribution in [3.05, 3.63) is 28.2 Å². The molecule has 1 aromatic carbocycles. The number of benzene rings is 1. The van der Waals surface area contributed by atoms with Gasteiger partial charge in [-0.3, -0.25) is 4.79 Å². The van der Waals surface area contributed by atoms with Crippen molar-refractivity contribution < 1.29 is 14.7 Å². The molecule has 7 heteroatoms. The standard InChI is InChI=1S/C15H16Cl2N2O3/c16-12-2-1-9(7-13(12)17)18-3-5-19(6-4-18)14(20)10-8-11(10)15(21)22/h1-2,7,10-11H,3-6,8H2,(H,21,22)/p-1/t10-,11-/m1/s1. The molecule has 0 radical (unpaired) electrons. The van der Waals surface area contributed by atoms with Crippen LogP contribution >= 0.6 is 23.2 Å². The van der Waals surface area contributed by atoms with Crippen molar-refractivity contribution in [2.45, 2.75) is 6.42 Å². The minimum Gasteiger partial charge on any atom is -0.550 e. The highest BCUT2D eigenvalue weighted by molar-refractivity contribution is 6.42. The maximum Gasteiger partial charge on any atom is 0.226 e. The summed E-state index contributed by atoms with van der Waals surface area (Å²) < 4.78 is 0.